The van der Waals surface area contributed by atoms with Crippen LogP contribution in [-0.2, 0) is 0 Å². The highest BCUT2D eigenvalue weighted by Gasteiger charge is 2.20. The number of ether oxygens (including phenoxy) is 2. The van der Waals surface area contributed by atoms with E-state index >= 15 is 0 Å². The zero-order valence-electron chi connectivity index (χ0n) is 15.3. The summed E-state index contributed by atoms with van der Waals surface area (Å²) in [5.41, 5.74) is 15.6. The van der Waals surface area contributed by atoms with E-state index in [0.717, 1.165) is 29.4 Å². The van der Waals surface area contributed by atoms with Gasteiger partial charge in [0.25, 0.3) is 0 Å². The minimum atomic E-state index is 0.317. The summed E-state index contributed by atoms with van der Waals surface area (Å²) >= 11 is 0. The lowest BCUT2D eigenvalue weighted by Gasteiger charge is -2.21. The summed E-state index contributed by atoms with van der Waals surface area (Å²) in [6, 6.07) is 3.94. The SMILES string of the molecule is COc1cc(N)c2nc(C(C)C)c(C(C)CCCN)cc2c1OC. The first-order valence-corrected chi connectivity index (χ1v) is 8.49. The van der Waals surface area contributed by atoms with Crippen LogP contribution in [0.15, 0.2) is 12.1 Å². The van der Waals surface area contributed by atoms with Crippen molar-refractivity contribution in [2.45, 2.75) is 45.4 Å². The van der Waals surface area contributed by atoms with Gasteiger partial charge in [0.05, 0.1) is 25.4 Å². The highest BCUT2D eigenvalue weighted by atomic mass is 16.5. The average Bonchev–Trinajstić information content (AvgIpc) is 2.58. The molecule has 0 saturated carbocycles. The third-order valence-electron chi connectivity index (χ3n) is 4.45. The van der Waals surface area contributed by atoms with Gasteiger partial charge in [0.1, 0.15) is 0 Å². The fraction of sp³-hybridized carbons (Fsp3) is 0.526. The quantitative estimate of drug-likeness (QED) is 0.754. The summed E-state index contributed by atoms with van der Waals surface area (Å²) in [6.07, 6.45) is 2.03. The number of anilines is 1. The van der Waals surface area contributed by atoms with Crippen LogP contribution in [0.2, 0.25) is 0 Å². The maximum Gasteiger partial charge on any atom is 0.170 e. The zero-order chi connectivity index (χ0) is 17.9. The molecule has 0 amide bonds. The van der Waals surface area contributed by atoms with E-state index in [4.69, 9.17) is 25.9 Å². The fourth-order valence-electron chi connectivity index (χ4n) is 3.14. The smallest absolute Gasteiger partial charge is 0.170 e. The van der Waals surface area contributed by atoms with Crippen molar-refractivity contribution in [2.75, 3.05) is 26.5 Å². The van der Waals surface area contributed by atoms with E-state index in [2.05, 4.69) is 26.8 Å². The Balaban J connectivity index is 2.73. The van der Waals surface area contributed by atoms with Crippen molar-refractivity contribution < 1.29 is 9.47 Å². The molecule has 1 atom stereocenters. The number of fused-ring (bicyclic) bond motifs is 1. The van der Waals surface area contributed by atoms with Crippen LogP contribution in [0.5, 0.6) is 11.5 Å². The van der Waals surface area contributed by atoms with Gasteiger partial charge in [-0.15, -0.1) is 0 Å². The lowest BCUT2D eigenvalue weighted by Crippen LogP contribution is -2.08. The first-order valence-electron chi connectivity index (χ1n) is 8.49. The molecule has 0 aliphatic carbocycles. The van der Waals surface area contributed by atoms with Crippen molar-refractivity contribution in [3.63, 3.8) is 0 Å². The number of hydrogen-bond acceptors (Lipinski definition) is 5. The molecular weight excluding hydrogens is 302 g/mol. The maximum absolute atomic E-state index is 6.22. The molecule has 4 N–H and O–H groups in total. The number of nitrogens with two attached hydrogens (primary N) is 2. The minimum absolute atomic E-state index is 0.317. The molecule has 0 aliphatic rings. The Morgan fingerprint density at radius 3 is 2.38 bits per heavy atom. The lowest BCUT2D eigenvalue weighted by molar-refractivity contribution is 0.358. The highest BCUT2D eigenvalue weighted by molar-refractivity contribution is 5.97. The number of aromatic nitrogens is 1. The predicted molar refractivity (Wildman–Crippen MR) is 100 cm³/mol. The first kappa shape index (κ1) is 18.3. The van der Waals surface area contributed by atoms with E-state index in [-0.39, 0.29) is 0 Å². The van der Waals surface area contributed by atoms with Crippen LogP contribution in [-0.4, -0.2) is 25.7 Å². The van der Waals surface area contributed by atoms with Gasteiger partial charge < -0.3 is 20.9 Å². The molecule has 0 spiro atoms. The summed E-state index contributed by atoms with van der Waals surface area (Å²) in [4.78, 5) is 4.90. The van der Waals surface area contributed by atoms with Crippen LogP contribution in [0.4, 0.5) is 5.69 Å². The van der Waals surface area contributed by atoms with Crippen molar-refractivity contribution in [2.24, 2.45) is 5.73 Å². The Morgan fingerprint density at radius 1 is 1.12 bits per heavy atom. The van der Waals surface area contributed by atoms with Crippen LogP contribution in [0.1, 0.15) is 56.7 Å². The second-order valence-corrected chi connectivity index (χ2v) is 6.55. The number of nitrogen functional groups attached to an aromatic ring is 1. The molecular formula is C19H29N3O2. The van der Waals surface area contributed by atoms with Gasteiger partial charge in [-0.1, -0.05) is 20.8 Å². The molecule has 24 heavy (non-hydrogen) atoms. The third-order valence-corrected chi connectivity index (χ3v) is 4.45. The molecule has 0 radical (unpaired) electrons. The van der Waals surface area contributed by atoms with Gasteiger partial charge in [0, 0.05) is 17.1 Å². The number of nitrogens with zero attached hydrogens (tertiary/aromatic N) is 1. The molecule has 5 nitrogen and oxygen atoms in total. The number of rotatable bonds is 7. The van der Waals surface area contributed by atoms with Crippen molar-refractivity contribution in [1.29, 1.82) is 0 Å². The van der Waals surface area contributed by atoms with Gasteiger partial charge in [0.15, 0.2) is 11.5 Å². The van der Waals surface area contributed by atoms with E-state index in [9.17, 15) is 0 Å². The van der Waals surface area contributed by atoms with Gasteiger partial charge in [-0.05, 0) is 42.9 Å². The zero-order valence-corrected chi connectivity index (χ0v) is 15.3. The number of methoxy groups -OCH3 is 2. The van der Waals surface area contributed by atoms with Crippen LogP contribution < -0.4 is 20.9 Å². The standard InChI is InChI=1S/C19H29N3O2/c1-11(2)17-13(12(3)7-6-8-20)9-14-18(22-17)15(21)10-16(23-4)19(14)24-5/h9-12H,6-8,20-21H2,1-5H3. The van der Waals surface area contributed by atoms with Crippen LogP contribution in [0.25, 0.3) is 10.9 Å². The summed E-state index contributed by atoms with van der Waals surface area (Å²) < 4.78 is 11.0. The number of pyridine rings is 1. The monoisotopic (exact) mass is 331 g/mol. The lowest BCUT2D eigenvalue weighted by atomic mass is 9.89. The molecule has 1 aromatic heterocycles. The summed E-state index contributed by atoms with van der Waals surface area (Å²) in [6.45, 7) is 7.24. The van der Waals surface area contributed by atoms with Crippen LogP contribution in [0.3, 0.4) is 0 Å². The third kappa shape index (κ3) is 3.41. The highest BCUT2D eigenvalue weighted by Crippen LogP contribution is 2.41. The topological polar surface area (TPSA) is 83.4 Å². The van der Waals surface area contributed by atoms with E-state index in [1.165, 1.54) is 5.56 Å². The molecule has 1 unspecified atom stereocenters. The first-order chi connectivity index (χ1) is 11.4. The molecule has 0 fully saturated rings. The number of hydrogen-bond donors (Lipinski definition) is 2. The van der Waals surface area contributed by atoms with Crippen molar-refractivity contribution >= 4 is 16.6 Å². The Labute approximate surface area is 144 Å². The summed E-state index contributed by atoms with van der Waals surface area (Å²) in [7, 11) is 3.26. The van der Waals surface area contributed by atoms with E-state index < -0.39 is 0 Å². The molecule has 2 rings (SSSR count). The van der Waals surface area contributed by atoms with Crippen molar-refractivity contribution in [3.8, 4) is 11.5 Å². The Hall–Kier alpha value is -2.01. The van der Waals surface area contributed by atoms with Gasteiger partial charge in [-0.3, -0.25) is 0 Å². The van der Waals surface area contributed by atoms with Gasteiger partial charge in [-0.25, -0.2) is 4.98 Å². The Bertz CT molecular complexity index is 714. The molecule has 0 saturated heterocycles. The maximum atomic E-state index is 6.22. The van der Waals surface area contributed by atoms with Crippen LogP contribution in [0, 0.1) is 0 Å². The Kier molecular flexibility index (Phi) is 5.89. The largest absolute Gasteiger partial charge is 0.493 e. The summed E-state index contributed by atoms with van der Waals surface area (Å²) in [5.74, 6) is 2.00. The minimum Gasteiger partial charge on any atom is -0.493 e. The molecule has 1 heterocycles. The molecule has 132 valence electrons. The van der Waals surface area contributed by atoms with Gasteiger partial charge in [0.2, 0.25) is 0 Å². The van der Waals surface area contributed by atoms with E-state index in [1.807, 2.05) is 0 Å². The molecule has 1 aromatic carbocycles. The fourth-order valence-corrected chi connectivity index (χ4v) is 3.14. The molecule has 5 heteroatoms. The van der Waals surface area contributed by atoms with Crippen molar-refractivity contribution in [3.05, 3.63) is 23.4 Å². The molecule has 2 aromatic rings. The molecule has 0 aliphatic heterocycles. The second kappa shape index (κ2) is 7.71. The molecule has 0 bridgehead atoms. The van der Waals surface area contributed by atoms with Gasteiger partial charge in [-0.2, -0.15) is 0 Å². The normalized spacial score (nSPS) is 12.6. The average molecular weight is 331 g/mol. The van der Waals surface area contributed by atoms with Crippen LogP contribution >= 0.6 is 0 Å². The van der Waals surface area contributed by atoms with E-state index in [0.29, 0.717) is 35.6 Å². The number of benzene rings is 1. The van der Waals surface area contributed by atoms with Crippen molar-refractivity contribution in [1.82, 2.24) is 4.98 Å². The Morgan fingerprint density at radius 2 is 1.83 bits per heavy atom. The predicted octanol–water partition coefficient (Wildman–Crippen LogP) is 3.80. The summed E-state index contributed by atoms with van der Waals surface area (Å²) in [5, 5.41) is 0.897. The second-order valence-electron chi connectivity index (χ2n) is 6.55. The van der Waals surface area contributed by atoms with Gasteiger partial charge >= 0.3 is 0 Å². The van der Waals surface area contributed by atoms with E-state index in [1.54, 1.807) is 20.3 Å².